The van der Waals surface area contributed by atoms with Gasteiger partial charge in [-0.3, -0.25) is 10.1 Å². The van der Waals surface area contributed by atoms with Crippen molar-refractivity contribution in [1.29, 1.82) is 0 Å². The Kier molecular flexibility index (Phi) is 3.92. The SMILES string of the molecule is C[C@@H](NC(=O)N1C(=O)NC(=O)C12C=COc1ccccc12)c1ccccc1. The van der Waals surface area contributed by atoms with E-state index in [1.165, 1.54) is 12.3 Å². The highest BCUT2D eigenvalue weighted by molar-refractivity contribution is 6.15. The molecule has 1 fully saturated rings. The molecule has 4 rings (SSSR count). The van der Waals surface area contributed by atoms with E-state index in [0.717, 1.165) is 10.5 Å². The van der Waals surface area contributed by atoms with Crippen LogP contribution in [0.1, 0.15) is 24.1 Å². The van der Waals surface area contributed by atoms with Gasteiger partial charge in [0.1, 0.15) is 5.75 Å². The molecule has 0 saturated carbocycles. The van der Waals surface area contributed by atoms with Crippen LogP contribution >= 0.6 is 0 Å². The van der Waals surface area contributed by atoms with Gasteiger partial charge in [-0.25, -0.2) is 14.5 Å². The van der Waals surface area contributed by atoms with Crippen LogP contribution in [-0.2, 0) is 10.3 Å². The van der Waals surface area contributed by atoms with Gasteiger partial charge >= 0.3 is 12.1 Å². The number of hydrogen-bond acceptors (Lipinski definition) is 4. The predicted octanol–water partition coefficient (Wildman–Crippen LogP) is 2.81. The minimum Gasteiger partial charge on any atom is -0.465 e. The van der Waals surface area contributed by atoms with Gasteiger partial charge < -0.3 is 10.1 Å². The van der Waals surface area contributed by atoms with E-state index in [2.05, 4.69) is 10.6 Å². The number of fused-ring (bicyclic) bond motifs is 2. The molecule has 0 bridgehead atoms. The number of benzene rings is 2. The molecule has 5 amide bonds. The lowest BCUT2D eigenvalue weighted by Crippen LogP contribution is -2.53. The largest absolute Gasteiger partial charge is 0.465 e. The number of hydrogen-bond donors (Lipinski definition) is 2. The Balaban J connectivity index is 1.71. The summed E-state index contributed by atoms with van der Waals surface area (Å²) in [5, 5.41) is 5.03. The van der Waals surface area contributed by atoms with E-state index >= 15 is 0 Å². The fourth-order valence-corrected chi connectivity index (χ4v) is 3.41. The molecule has 2 aromatic carbocycles. The number of nitrogens with zero attached hydrogens (tertiary/aromatic N) is 1. The van der Waals surface area contributed by atoms with Crippen LogP contribution in [0.2, 0.25) is 0 Å². The lowest BCUT2D eigenvalue weighted by molar-refractivity contribution is -0.124. The van der Waals surface area contributed by atoms with E-state index in [1.807, 2.05) is 37.3 Å². The van der Waals surface area contributed by atoms with E-state index in [0.29, 0.717) is 11.3 Å². The number of ether oxygens (including phenoxy) is 1. The highest BCUT2D eigenvalue weighted by Gasteiger charge is 2.58. The monoisotopic (exact) mass is 363 g/mol. The van der Waals surface area contributed by atoms with Gasteiger partial charge in [-0.15, -0.1) is 0 Å². The molecule has 2 atom stereocenters. The van der Waals surface area contributed by atoms with Gasteiger partial charge in [-0.2, -0.15) is 0 Å². The van der Waals surface area contributed by atoms with Crippen LogP contribution in [0.4, 0.5) is 9.59 Å². The van der Waals surface area contributed by atoms with Crippen LogP contribution in [0.3, 0.4) is 0 Å². The second-order valence-electron chi connectivity index (χ2n) is 6.36. The number of rotatable bonds is 2. The number of nitrogens with one attached hydrogen (secondary N) is 2. The van der Waals surface area contributed by atoms with Crippen LogP contribution in [-0.4, -0.2) is 22.9 Å². The summed E-state index contributed by atoms with van der Waals surface area (Å²) in [6, 6.07) is 14.4. The van der Waals surface area contributed by atoms with E-state index in [9.17, 15) is 14.4 Å². The molecule has 7 heteroatoms. The second kappa shape index (κ2) is 6.28. The van der Waals surface area contributed by atoms with E-state index in [-0.39, 0.29) is 6.04 Å². The molecule has 0 aromatic heterocycles. The van der Waals surface area contributed by atoms with Crippen molar-refractivity contribution in [2.24, 2.45) is 0 Å². The molecule has 2 aliphatic rings. The maximum Gasteiger partial charge on any atom is 0.333 e. The summed E-state index contributed by atoms with van der Waals surface area (Å²) in [4.78, 5) is 39.1. The van der Waals surface area contributed by atoms with Crippen LogP contribution in [0.15, 0.2) is 66.9 Å². The summed E-state index contributed by atoms with van der Waals surface area (Å²) in [6.07, 6.45) is 2.74. The van der Waals surface area contributed by atoms with Crippen molar-refractivity contribution in [3.05, 3.63) is 78.1 Å². The average Bonchev–Trinajstić information content (AvgIpc) is 2.93. The standard InChI is InChI=1S/C20H17N3O4/c1-13(14-7-3-2-4-8-14)21-18(25)23-19(26)22-17(24)20(23)11-12-27-16-10-6-5-9-15(16)20/h2-13H,1H3,(H,21,25)(H,22,24,26)/t13-,20?/m1/s1. The number of amides is 5. The Morgan fingerprint density at radius 1 is 1.11 bits per heavy atom. The smallest absolute Gasteiger partial charge is 0.333 e. The zero-order chi connectivity index (χ0) is 19.0. The molecule has 2 heterocycles. The van der Waals surface area contributed by atoms with E-state index in [1.54, 1.807) is 24.3 Å². The number of carbonyl (C=O) groups excluding carboxylic acids is 3. The summed E-state index contributed by atoms with van der Waals surface area (Å²) in [6.45, 7) is 1.81. The van der Waals surface area contributed by atoms with Gasteiger partial charge in [0.15, 0.2) is 5.54 Å². The Morgan fingerprint density at radius 3 is 2.59 bits per heavy atom. The third-order valence-corrected chi connectivity index (χ3v) is 4.77. The molecule has 0 radical (unpaired) electrons. The first-order valence-corrected chi connectivity index (χ1v) is 8.49. The molecule has 1 saturated heterocycles. The number of urea groups is 2. The van der Waals surface area contributed by atoms with Gasteiger partial charge in [0.05, 0.1) is 12.3 Å². The van der Waals surface area contributed by atoms with Gasteiger partial charge in [0.2, 0.25) is 0 Å². The van der Waals surface area contributed by atoms with Crippen molar-refractivity contribution in [1.82, 2.24) is 15.5 Å². The molecule has 0 aliphatic carbocycles. The van der Waals surface area contributed by atoms with Gasteiger partial charge in [-0.05, 0) is 24.6 Å². The minimum absolute atomic E-state index is 0.349. The first-order chi connectivity index (χ1) is 13.0. The molecule has 1 spiro atoms. The second-order valence-corrected chi connectivity index (χ2v) is 6.36. The Hall–Kier alpha value is -3.61. The third-order valence-electron chi connectivity index (χ3n) is 4.77. The van der Waals surface area contributed by atoms with Crippen LogP contribution in [0, 0.1) is 0 Å². The van der Waals surface area contributed by atoms with Crippen molar-refractivity contribution in [2.75, 3.05) is 0 Å². The molecule has 27 heavy (non-hydrogen) atoms. The predicted molar refractivity (Wildman–Crippen MR) is 96.7 cm³/mol. The molecule has 2 aromatic rings. The Bertz CT molecular complexity index is 957. The van der Waals surface area contributed by atoms with Crippen LogP contribution in [0.25, 0.3) is 0 Å². The minimum atomic E-state index is -1.58. The molecular weight excluding hydrogens is 346 g/mol. The van der Waals surface area contributed by atoms with Crippen molar-refractivity contribution in [2.45, 2.75) is 18.5 Å². The van der Waals surface area contributed by atoms with Crippen molar-refractivity contribution in [3.63, 3.8) is 0 Å². The van der Waals surface area contributed by atoms with Crippen LogP contribution < -0.4 is 15.4 Å². The first-order valence-electron chi connectivity index (χ1n) is 8.49. The molecule has 7 nitrogen and oxygen atoms in total. The zero-order valence-electron chi connectivity index (χ0n) is 14.5. The fraction of sp³-hybridized carbons (Fsp3) is 0.150. The van der Waals surface area contributed by atoms with Crippen LogP contribution in [0.5, 0.6) is 5.75 Å². The summed E-state index contributed by atoms with van der Waals surface area (Å²) >= 11 is 0. The Labute approximate surface area is 155 Å². The lowest BCUT2D eigenvalue weighted by atomic mass is 9.86. The maximum atomic E-state index is 13.0. The van der Waals surface area contributed by atoms with Gasteiger partial charge in [-0.1, -0.05) is 48.5 Å². The summed E-state index contributed by atoms with van der Waals surface area (Å²) in [5.74, 6) is -0.180. The third kappa shape index (κ3) is 2.55. The van der Waals surface area contributed by atoms with Gasteiger partial charge in [0, 0.05) is 5.56 Å². The molecule has 1 unspecified atom stereocenters. The van der Waals surface area contributed by atoms with Crippen molar-refractivity contribution < 1.29 is 19.1 Å². The van der Waals surface area contributed by atoms with E-state index in [4.69, 9.17) is 4.74 Å². The highest BCUT2D eigenvalue weighted by atomic mass is 16.5. The van der Waals surface area contributed by atoms with E-state index < -0.39 is 23.5 Å². The zero-order valence-corrected chi connectivity index (χ0v) is 14.5. The number of carbonyl (C=O) groups is 3. The lowest BCUT2D eigenvalue weighted by Gasteiger charge is -2.35. The topological polar surface area (TPSA) is 87.7 Å². The average molecular weight is 363 g/mol. The summed E-state index contributed by atoms with van der Waals surface area (Å²) in [5.41, 5.74) is -0.265. The van der Waals surface area contributed by atoms with Crippen molar-refractivity contribution in [3.8, 4) is 5.75 Å². The fourth-order valence-electron chi connectivity index (χ4n) is 3.41. The Morgan fingerprint density at radius 2 is 1.81 bits per heavy atom. The highest BCUT2D eigenvalue weighted by Crippen LogP contribution is 2.42. The first kappa shape index (κ1) is 16.8. The number of para-hydroxylation sites is 1. The molecular formula is C20H17N3O4. The van der Waals surface area contributed by atoms with Gasteiger partial charge in [0.25, 0.3) is 5.91 Å². The molecule has 2 aliphatic heterocycles. The quantitative estimate of drug-likeness (QED) is 0.803. The molecule has 2 N–H and O–H groups in total. The normalized spacial score (nSPS) is 21.4. The number of imide groups is 2. The summed E-state index contributed by atoms with van der Waals surface area (Å²) < 4.78 is 5.44. The molecule has 136 valence electrons. The van der Waals surface area contributed by atoms with Crippen molar-refractivity contribution >= 4 is 18.0 Å². The maximum absolute atomic E-state index is 13.0. The summed E-state index contributed by atoms with van der Waals surface area (Å²) in [7, 11) is 0.